The van der Waals surface area contributed by atoms with Gasteiger partial charge in [0.1, 0.15) is 5.69 Å². The third-order valence-electron chi connectivity index (χ3n) is 2.49. The Morgan fingerprint density at radius 1 is 1.39 bits per heavy atom. The van der Waals surface area contributed by atoms with Crippen LogP contribution in [0.4, 0.5) is 10.8 Å². The van der Waals surface area contributed by atoms with E-state index in [1.807, 2.05) is 26.0 Å². The lowest BCUT2D eigenvalue weighted by Gasteiger charge is -2.11. The van der Waals surface area contributed by atoms with Gasteiger partial charge in [-0.25, -0.2) is 4.98 Å². The number of aryl methyl sites for hydroxylation is 2. The zero-order chi connectivity index (χ0) is 13.3. The molecule has 1 aromatic heterocycles. The quantitative estimate of drug-likeness (QED) is 0.889. The molecule has 0 bridgehead atoms. The fraction of sp³-hybridized carbons (Fsp3) is 0.167. The van der Waals surface area contributed by atoms with Crippen LogP contribution in [0.5, 0.6) is 0 Å². The average Bonchev–Trinajstić information content (AvgIpc) is 2.70. The second kappa shape index (κ2) is 5.07. The maximum Gasteiger partial charge on any atom is 0.275 e. The number of carbonyl (C=O) groups excluding carboxylic acids is 1. The predicted molar refractivity (Wildman–Crippen MR) is 78.1 cm³/mol. The van der Waals surface area contributed by atoms with Crippen LogP contribution in [-0.2, 0) is 0 Å². The Kier molecular flexibility index (Phi) is 3.68. The lowest BCUT2D eigenvalue weighted by Crippen LogP contribution is -2.14. The van der Waals surface area contributed by atoms with Gasteiger partial charge in [0.25, 0.3) is 5.91 Å². The molecule has 0 aliphatic rings. The fourth-order valence-electron chi connectivity index (χ4n) is 1.68. The molecule has 0 fully saturated rings. The van der Waals surface area contributed by atoms with Gasteiger partial charge in [-0.3, -0.25) is 4.79 Å². The van der Waals surface area contributed by atoms with Gasteiger partial charge in [0, 0.05) is 15.5 Å². The number of anilines is 2. The second-order valence-corrected chi connectivity index (χ2v) is 5.75. The zero-order valence-corrected chi connectivity index (χ0v) is 12.4. The molecule has 6 heteroatoms. The van der Waals surface area contributed by atoms with Crippen LogP contribution >= 0.6 is 27.3 Å². The topological polar surface area (TPSA) is 68.0 Å². The van der Waals surface area contributed by atoms with Gasteiger partial charge < -0.3 is 11.1 Å². The van der Waals surface area contributed by atoms with E-state index in [1.54, 1.807) is 5.38 Å². The van der Waals surface area contributed by atoms with Gasteiger partial charge in [-0.1, -0.05) is 15.9 Å². The average molecular weight is 326 g/mol. The molecule has 0 aliphatic heterocycles. The Morgan fingerprint density at radius 2 is 2.00 bits per heavy atom. The number of halogens is 1. The van der Waals surface area contributed by atoms with Crippen LogP contribution in [-0.4, -0.2) is 10.9 Å². The largest absolute Gasteiger partial charge is 0.375 e. The molecule has 2 aromatic rings. The molecule has 0 spiro atoms. The number of nitrogens with zero attached hydrogens (tertiary/aromatic N) is 1. The summed E-state index contributed by atoms with van der Waals surface area (Å²) in [7, 11) is 0. The van der Waals surface area contributed by atoms with Crippen molar-refractivity contribution in [1.82, 2.24) is 4.98 Å². The fourth-order valence-corrected chi connectivity index (χ4v) is 2.91. The van der Waals surface area contributed by atoms with E-state index in [-0.39, 0.29) is 5.91 Å². The number of nitrogens with two attached hydrogens (primary N) is 1. The van der Waals surface area contributed by atoms with E-state index in [0.29, 0.717) is 10.8 Å². The first-order chi connectivity index (χ1) is 8.47. The molecular formula is C12H12BrN3OS. The van der Waals surface area contributed by atoms with E-state index in [4.69, 9.17) is 5.73 Å². The summed E-state index contributed by atoms with van der Waals surface area (Å²) in [5, 5.41) is 4.90. The molecular weight excluding hydrogens is 314 g/mol. The first kappa shape index (κ1) is 13.0. The molecule has 4 nitrogen and oxygen atoms in total. The molecule has 0 unspecified atom stereocenters. The van der Waals surface area contributed by atoms with Crippen molar-refractivity contribution in [3.8, 4) is 0 Å². The van der Waals surface area contributed by atoms with Crippen molar-refractivity contribution in [3.63, 3.8) is 0 Å². The molecule has 94 valence electrons. The Labute approximate surface area is 117 Å². The number of amides is 1. The van der Waals surface area contributed by atoms with E-state index >= 15 is 0 Å². The lowest BCUT2D eigenvalue weighted by atomic mass is 10.1. The summed E-state index contributed by atoms with van der Waals surface area (Å²) in [6.45, 7) is 3.89. The molecule has 1 amide bonds. The van der Waals surface area contributed by atoms with Crippen molar-refractivity contribution in [2.24, 2.45) is 0 Å². The van der Waals surface area contributed by atoms with Crippen molar-refractivity contribution >= 4 is 44.0 Å². The van der Waals surface area contributed by atoms with Gasteiger partial charge in [-0.2, -0.15) is 0 Å². The number of nitrogen functional groups attached to an aromatic ring is 1. The Bertz CT molecular complexity index is 586. The maximum absolute atomic E-state index is 12.0. The molecule has 1 aromatic carbocycles. The van der Waals surface area contributed by atoms with Crippen molar-refractivity contribution in [2.75, 3.05) is 11.1 Å². The van der Waals surface area contributed by atoms with Gasteiger partial charge >= 0.3 is 0 Å². The number of thiazole rings is 1. The van der Waals surface area contributed by atoms with Gasteiger partial charge in [-0.15, -0.1) is 11.3 Å². The Balaban J connectivity index is 2.27. The van der Waals surface area contributed by atoms with Crippen LogP contribution in [0.2, 0.25) is 0 Å². The highest BCUT2D eigenvalue weighted by atomic mass is 79.9. The number of nitrogens with one attached hydrogen (secondary N) is 1. The molecule has 0 radical (unpaired) electrons. The highest BCUT2D eigenvalue weighted by Gasteiger charge is 2.13. The van der Waals surface area contributed by atoms with Crippen LogP contribution in [0.3, 0.4) is 0 Å². The molecule has 0 saturated carbocycles. The molecule has 18 heavy (non-hydrogen) atoms. The second-order valence-electron chi connectivity index (χ2n) is 3.94. The van der Waals surface area contributed by atoms with Crippen LogP contribution in [0.25, 0.3) is 0 Å². The smallest absolute Gasteiger partial charge is 0.275 e. The monoisotopic (exact) mass is 325 g/mol. The van der Waals surface area contributed by atoms with Crippen molar-refractivity contribution in [2.45, 2.75) is 13.8 Å². The minimum atomic E-state index is -0.239. The van der Waals surface area contributed by atoms with E-state index in [9.17, 15) is 4.79 Å². The van der Waals surface area contributed by atoms with Gasteiger partial charge in [0.2, 0.25) is 0 Å². The van der Waals surface area contributed by atoms with E-state index < -0.39 is 0 Å². The van der Waals surface area contributed by atoms with Crippen LogP contribution < -0.4 is 11.1 Å². The van der Waals surface area contributed by atoms with Gasteiger partial charge in [0.05, 0.1) is 0 Å². The van der Waals surface area contributed by atoms with Crippen LogP contribution in [0, 0.1) is 13.8 Å². The number of benzene rings is 1. The summed E-state index contributed by atoms with van der Waals surface area (Å²) < 4.78 is 0.994. The van der Waals surface area contributed by atoms with Gasteiger partial charge in [0.15, 0.2) is 5.13 Å². The highest BCUT2D eigenvalue weighted by molar-refractivity contribution is 9.10. The zero-order valence-electron chi connectivity index (χ0n) is 9.95. The minimum Gasteiger partial charge on any atom is -0.375 e. The van der Waals surface area contributed by atoms with E-state index in [1.165, 1.54) is 11.3 Å². The number of carbonyl (C=O) groups is 1. The summed E-state index contributed by atoms with van der Waals surface area (Å²) in [6.07, 6.45) is 0. The first-order valence-corrected chi connectivity index (χ1v) is 6.93. The molecule has 1 heterocycles. The number of hydrogen-bond acceptors (Lipinski definition) is 4. The summed E-state index contributed by atoms with van der Waals surface area (Å²) in [4.78, 5) is 15.9. The third kappa shape index (κ3) is 2.70. The Morgan fingerprint density at radius 3 is 2.50 bits per heavy atom. The molecule has 3 N–H and O–H groups in total. The molecule has 0 aliphatic carbocycles. The SMILES string of the molecule is Cc1cc(Br)cc(C)c1NC(=O)c1csc(N)n1. The standard InChI is InChI=1S/C12H12BrN3OS/c1-6-3-8(13)4-7(2)10(6)16-11(17)9-5-18-12(14)15-9/h3-5H,1-2H3,(H2,14,15)(H,16,17). The predicted octanol–water partition coefficient (Wildman–Crippen LogP) is 3.36. The molecule has 0 saturated heterocycles. The Hall–Kier alpha value is -1.40. The van der Waals surface area contributed by atoms with Crippen molar-refractivity contribution < 1.29 is 4.79 Å². The first-order valence-electron chi connectivity index (χ1n) is 5.26. The summed E-state index contributed by atoms with van der Waals surface area (Å²) in [5.74, 6) is -0.239. The molecule has 0 atom stereocenters. The lowest BCUT2D eigenvalue weighted by molar-refractivity contribution is 0.102. The van der Waals surface area contributed by atoms with Gasteiger partial charge in [-0.05, 0) is 37.1 Å². The third-order valence-corrected chi connectivity index (χ3v) is 3.62. The van der Waals surface area contributed by atoms with E-state index in [2.05, 4.69) is 26.2 Å². The number of rotatable bonds is 2. The summed E-state index contributed by atoms with van der Waals surface area (Å²) >= 11 is 4.67. The van der Waals surface area contributed by atoms with Crippen LogP contribution in [0.1, 0.15) is 21.6 Å². The van der Waals surface area contributed by atoms with Crippen molar-refractivity contribution in [3.05, 3.63) is 38.8 Å². The molecule has 2 rings (SSSR count). The maximum atomic E-state index is 12.0. The number of hydrogen-bond donors (Lipinski definition) is 2. The van der Waals surface area contributed by atoms with Crippen LogP contribution in [0.15, 0.2) is 22.0 Å². The van der Waals surface area contributed by atoms with Crippen molar-refractivity contribution in [1.29, 1.82) is 0 Å². The minimum absolute atomic E-state index is 0.239. The number of aromatic nitrogens is 1. The summed E-state index contributed by atoms with van der Waals surface area (Å²) in [6, 6.07) is 3.91. The van der Waals surface area contributed by atoms with E-state index in [0.717, 1.165) is 21.3 Å². The highest BCUT2D eigenvalue weighted by Crippen LogP contribution is 2.25. The normalized spacial score (nSPS) is 10.4. The summed E-state index contributed by atoms with van der Waals surface area (Å²) in [5.41, 5.74) is 8.67.